The lowest BCUT2D eigenvalue weighted by molar-refractivity contribution is 0.669. The van der Waals surface area contributed by atoms with Crippen LogP contribution in [0.3, 0.4) is 0 Å². The van der Waals surface area contributed by atoms with Crippen LogP contribution in [0.15, 0.2) is 118 Å². The van der Waals surface area contributed by atoms with E-state index >= 15 is 0 Å². The van der Waals surface area contributed by atoms with E-state index in [9.17, 15) is 0 Å². The Balaban J connectivity index is 1.49. The fraction of sp³-hybridized carbons (Fsp3) is 0. The van der Waals surface area contributed by atoms with Gasteiger partial charge >= 0.3 is 0 Å². The normalized spacial score (nSPS) is 11.8. The van der Waals surface area contributed by atoms with Crippen molar-refractivity contribution in [2.75, 3.05) is 0 Å². The highest BCUT2D eigenvalue weighted by Crippen LogP contribution is 2.39. The summed E-state index contributed by atoms with van der Waals surface area (Å²) in [7, 11) is 0. The zero-order valence-corrected chi connectivity index (χ0v) is 17.2. The van der Waals surface area contributed by atoms with Gasteiger partial charge < -0.3 is 8.83 Å². The Bertz CT molecular complexity index is 1770. The van der Waals surface area contributed by atoms with E-state index in [1.807, 2.05) is 24.3 Å². The third-order valence-electron chi connectivity index (χ3n) is 6.29. The second kappa shape index (κ2) is 6.60. The zero-order chi connectivity index (χ0) is 21.1. The molecule has 0 N–H and O–H groups in total. The molecule has 0 bridgehead atoms. The van der Waals surface area contributed by atoms with Crippen molar-refractivity contribution in [1.82, 2.24) is 0 Å². The fourth-order valence-electron chi connectivity index (χ4n) is 4.77. The number of furan rings is 2. The van der Waals surface area contributed by atoms with E-state index in [-0.39, 0.29) is 0 Å². The first-order valence-electron chi connectivity index (χ1n) is 10.8. The smallest absolute Gasteiger partial charge is 0.136 e. The highest BCUT2D eigenvalue weighted by Gasteiger charge is 2.14. The van der Waals surface area contributed by atoms with Crippen molar-refractivity contribution in [2.45, 2.75) is 0 Å². The first kappa shape index (κ1) is 17.4. The molecule has 0 aliphatic rings. The van der Waals surface area contributed by atoms with Crippen LogP contribution in [0.25, 0.3) is 66.1 Å². The second-order valence-corrected chi connectivity index (χ2v) is 8.17. The van der Waals surface area contributed by atoms with Gasteiger partial charge in [0.2, 0.25) is 0 Å². The minimum atomic E-state index is 0.901. The molecule has 7 aromatic rings. The topological polar surface area (TPSA) is 26.3 Å². The van der Waals surface area contributed by atoms with Crippen LogP contribution < -0.4 is 0 Å². The molecular weight excluding hydrogens is 392 g/mol. The van der Waals surface area contributed by atoms with E-state index < -0.39 is 0 Å². The molecule has 150 valence electrons. The SMILES string of the molecule is c1ccc(-c2ccc3oc4ccc(-c5cccc6oc7ccccc7c56)cc4c3c2)cc1. The molecule has 0 atom stereocenters. The monoisotopic (exact) mass is 410 g/mol. The molecule has 0 fully saturated rings. The Morgan fingerprint density at radius 3 is 1.84 bits per heavy atom. The standard InChI is InChI=1S/C30H18O2/c1-2-7-19(8-3-1)20-13-15-27-24(17-20)25-18-21(14-16-28(25)31-27)22-10-6-12-29-30(22)23-9-4-5-11-26(23)32-29/h1-18H. The molecular formula is C30H18O2. The summed E-state index contributed by atoms with van der Waals surface area (Å²) in [6.45, 7) is 0. The molecule has 0 saturated carbocycles. The lowest BCUT2D eigenvalue weighted by Crippen LogP contribution is -1.80. The summed E-state index contributed by atoms with van der Waals surface area (Å²) in [4.78, 5) is 0. The molecule has 2 heterocycles. The molecule has 7 rings (SSSR count). The van der Waals surface area contributed by atoms with Crippen molar-refractivity contribution in [2.24, 2.45) is 0 Å². The van der Waals surface area contributed by atoms with Crippen molar-refractivity contribution in [3.05, 3.63) is 109 Å². The summed E-state index contributed by atoms with van der Waals surface area (Å²) in [6, 6.07) is 37.8. The first-order chi connectivity index (χ1) is 15.8. The summed E-state index contributed by atoms with van der Waals surface area (Å²) >= 11 is 0. The maximum atomic E-state index is 6.16. The molecule has 0 aliphatic carbocycles. The molecule has 2 heteroatoms. The minimum absolute atomic E-state index is 0.901. The lowest BCUT2D eigenvalue weighted by Gasteiger charge is -2.05. The summed E-state index contributed by atoms with van der Waals surface area (Å²) < 4.78 is 12.3. The number of hydrogen-bond acceptors (Lipinski definition) is 2. The maximum Gasteiger partial charge on any atom is 0.136 e. The Kier molecular flexibility index (Phi) is 3.58. The third kappa shape index (κ3) is 2.53. The van der Waals surface area contributed by atoms with E-state index in [4.69, 9.17) is 8.83 Å². The van der Waals surface area contributed by atoms with Gasteiger partial charge in [-0.1, -0.05) is 72.8 Å². The van der Waals surface area contributed by atoms with Crippen LogP contribution >= 0.6 is 0 Å². The summed E-state index contributed by atoms with van der Waals surface area (Å²) in [5.74, 6) is 0. The molecule has 5 aromatic carbocycles. The van der Waals surface area contributed by atoms with Gasteiger partial charge in [0.05, 0.1) is 0 Å². The average molecular weight is 410 g/mol. The molecule has 0 radical (unpaired) electrons. The van der Waals surface area contributed by atoms with E-state index in [0.717, 1.165) is 49.4 Å². The third-order valence-corrected chi connectivity index (χ3v) is 6.29. The van der Waals surface area contributed by atoms with E-state index in [0.29, 0.717) is 0 Å². The largest absolute Gasteiger partial charge is 0.456 e. The molecule has 0 unspecified atom stereocenters. The van der Waals surface area contributed by atoms with Gasteiger partial charge in [0.15, 0.2) is 0 Å². The van der Waals surface area contributed by atoms with Gasteiger partial charge in [0.25, 0.3) is 0 Å². The summed E-state index contributed by atoms with van der Waals surface area (Å²) in [6.07, 6.45) is 0. The van der Waals surface area contributed by atoms with Crippen LogP contribution in [-0.2, 0) is 0 Å². The van der Waals surface area contributed by atoms with Gasteiger partial charge in [0.1, 0.15) is 22.3 Å². The van der Waals surface area contributed by atoms with Gasteiger partial charge in [-0.05, 0) is 58.7 Å². The molecule has 2 nitrogen and oxygen atoms in total. The zero-order valence-electron chi connectivity index (χ0n) is 17.2. The summed E-state index contributed by atoms with van der Waals surface area (Å²) in [5, 5.41) is 4.55. The van der Waals surface area contributed by atoms with Crippen molar-refractivity contribution >= 4 is 43.9 Å². The van der Waals surface area contributed by atoms with Crippen LogP contribution in [0.5, 0.6) is 0 Å². The van der Waals surface area contributed by atoms with Crippen LogP contribution in [0.1, 0.15) is 0 Å². The molecule has 2 aromatic heterocycles. The summed E-state index contributed by atoms with van der Waals surface area (Å²) in [5.41, 5.74) is 8.35. The van der Waals surface area contributed by atoms with E-state index in [1.54, 1.807) is 0 Å². The molecule has 0 saturated heterocycles. The van der Waals surface area contributed by atoms with Crippen molar-refractivity contribution in [1.29, 1.82) is 0 Å². The Hall–Kier alpha value is -4.30. The maximum absolute atomic E-state index is 6.16. The predicted octanol–water partition coefficient (Wildman–Crippen LogP) is 8.82. The first-order valence-corrected chi connectivity index (χ1v) is 10.8. The fourth-order valence-corrected chi connectivity index (χ4v) is 4.77. The number of para-hydroxylation sites is 1. The molecule has 32 heavy (non-hydrogen) atoms. The van der Waals surface area contributed by atoms with Gasteiger partial charge in [-0.2, -0.15) is 0 Å². The van der Waals surface area contributed by atoms with Crippen LogP contribution in [-0.4, -0.2) is 0 Å². The minimum Gasteiger partial charge on any atom is -0.456 e. The Morgan fingerprint density at radius 2 is 1.00 bits per heavy atom. The Labute approximate surface area is 184 Å². The van der Waals surface area contributed by atoms with Crippen molar-refractivity contribution in [3.8, 4) is 22.3 Å². The van der Waals surface area contributed by atoms with Gasteiger partial charge in [-0.3, -0.25) is 0 Å². The predicted molar refractivity (Wildman–Crippen MR) is 132 cm³/mol. The number of hydrogen-bond donors (Lipinski definition) is 0. The van der Waals surface area contributed by atoms with Crippen molar-refractivity contribution < 1.29 is 8.83 Å². The highest BCUT2D eigenvalue weighted by molar-refractivity contribution is 6.14. The van der Waals surface area contributed by atoms with Gasteiger partial charge in [-0.15, -0.1) is 0 Å². The average Bonchev–Trinajstić information content (AvgIpc) is 3.42. The quantitative estimate of drug-likeness (QED) is 0.284. The number of rotatable bonds is 2. The van der Waals surface area contributed by atoms with Crippen LogP contribution in [0.4, 0.5) is 0 Å². The molecule has 0 amide bonds. The number of fused-ring (bicyclic) bond motifs is 6. The van der Waals surface area contributed by atoms with Gasteiger partial charge in [-0.25, -0.2) is 0 Å². The molecule has 0 spiro atoms. The molecule has 0 aliphatic heterocycles. The van der Waals surface area contributed by atoms with Crippen LogP contribution in [0, 0.1) is 0 Å². The number of benzene rings is 5. The van der Waals surface area contributed by atoms with Crippen LogP contribution in [0.2, 0.25) is 0 Å². The second-order valence-electron chi connectivity index (χ2n) is 8.17. The van der Waals surface area contributed by atoms with E-state index in [1.165, 1.54) is 16.7 Å². The lowest BCUT2D eigenvalue weighted by atomic mass is 9.97. The van der Waals surface area contributed by atoms with E-state index in [2.05, 4.69) is 84.9 Å². The Morgan fingerprint density at radius 1 is 0.375 bits per heavy atom. The van der Waals surface area contributed by atoms with Crippen molar-refractivity contribution in [3.63, 3.8) is 0 Å². The highest BCUT2D eigenvalue weighted by atomic mass is 16.3. The van der Waals surface area contributed by atoms with Gasteiger partial charge in [0, 0.05) is 21.5 Å².